The molecule has 0 aliphatic heterocycles. The molecule has 1 fully saturated rings. The maximum atomic E-state index is 11.2. The van der Waals surface area contributed by atoms with Crippen LogP contribution in [0.2, 0.25) is 0 Å². The van der Waals surface area contributed by atoms with Crippen LogP contribution in [-0.4, -0.2) is 17.2 Å². The standard InChI is InChI=1S/C14H16N2O3/c15-8-9-4-1-2-7-12(9)19-13-10(14(17)18)5-3-6-11(13)16/h3,5-6,9,12H,1-2,4,7,16H2,(H,17,18). The number of nitrogens with zero attached hydrogens (tertiary/aromatic N) is 1. The van der Waals surface area contributed by atoms with E-state index in [1.807, 2.05) is 0 Å². The van der Waals surface area contributed by atoms with E-state index < -0.39 is 5.97 Å². The molecule has 2 unspecified atom stereocenters. The van der Waals surface area contributed by atoms with Crippen LogP contribution < -0.4 is 10.5 Å². The van der Waals surface area contributed by atoms with Crippen LogP contribution >= 0.6 is 0 Å². The van der Waals surface area contributed by atoms with E-state index in [2.05, 4.69) is 6.07 Å². The second-order valence-corrected chi connectivity index (χ2v) is 4.71. The molecule has 0 spiro atoms. The van der Waals surface area contributed by atoms with Crippen molar-refractivity contribution in [1.29, 1.82) is 5.26 Å². The van der Waals surface area contributed by atoms with Crippen molar-refractivity contribution in [2.45, 2.75) is 31.8 Å². The number of nitrogens with two attached hydrogens (primary N) is 1. The predicted molar refractivity (Wildman–Crippen MR) is 69.8 cm³/mol. The summed E-state index contributed by atoms with van der Waals surface area (Å²) in [5, 5.41) is 18.3. The van der Waals surface area contributed by atoms with Crippen molar-refractivity contribution in [3.63, 3.8) is 0 Å². The van der Waals surface area contributed by atoms with Crippen molar-refractivity contribution in [2.24, 2.45) is 5.92 Å². The number of hydrogen-bond donors (Lipinski definition) is 2. The van der Waals surface area contributed by atoms with E-state index in [1.165, 1.54) is 6.07 Å². The van der Waals surface area contributed by atoms with Crippen molar-refractivity contribution in [2.75, 3.05) is 5.73 Å². The predicted octanol–water partition coefficient (Wildman–Crippen LogP) is 2.43. The number of nitrogen functional groups attached to an aromatic ring is 1. The molecule has 0 heterocycles. The summed E-state index contributed by atoms with van der Waals surface area (Å²) in [6.07, 6.45) is 3.26. The third kappa shape index (κ3) is 2.79. The molecule has 19 heavy (non-hydrogen) atoms. The highest BCUT2D eigenvalue weighted by atomic mass is 16.5. The Balaban J connectivity index is 2.27. The number of aromatic carboxylic acids is 1. The monoisotopic (exact) mass is 260 g/mol. The van der Waals surface area contributed by atoms with Gasteiger partial charge in [0.25, 0.3) is 0 Å². The van der Waals surface area contributed by atoms with Gasteiger partial charge in [0.1, 0.15) is 11.7 Å². The van der Waals surface area contributed by atoms with Crippen molar-refractivity contribution >= 4 is 11.7 Å². The largest absolute Gasteiger partial charge is 0.486 e. The topological polar surface area (TPSA) is 96.3 Å². The molecule has 0 bridgehead atoms. The lowest BCUT2D eigenvalue weighted by molar-refractivity contribution is 0.0681. The fourth-order valence-electron chi connectivity index (χ4n) is 2.39. The Bertz CT molecular complexity index is 522. The van der Waals surface area contributed by atoms with Crippen LogP contribution in [0.15, 0.2) is 18.2 Å². The molecule has 0 amide bonds. The number of benzene rings is 1. The Hall–Kier alpha value is -2.22. The summed E-state index contributed by atoms with van der Waals surface area (Å²) in [6, 6.07) is 6.87. The number of anilines is 1. The second kappa shape index (κ2) is 5.61. The zero-order valence-corrected chi connectivity index (χ0v) is 10.5. The van der Waals surface area contributed by atoms with Gasteiger partial charge in [-0.3, -0.25) is 0 Å². The summed E-state index contributed by atoms with van der Waals surface area (Å²) in [6.45, 7) is 0. The molecule has 0 radical (unpaired) electrons. The summed E-state index contributed by atoms with van der Waals surface area (Å²) in [5.41, 5.74) is 6.13. The van der Waals surface area contributed by atoms with Gasteiger partial charge in [-0.2, -0.15) is 5.26 Å². The van der Waals surface area contributed by atoms with Crippen LogP contribution in [0.5, 0.6) is 5.75 Å². The summed E-state index contributed by atoms with van der Waals surface area (Å²) in [7, 11) is 0. The third-order valence-corrected chi connectivity index (χ3v) is 3.41. The number of carbonyl (C=O) groups is 1. The van der Waals surface area contributed by atoms with Gasteiger partial charge >= 0.3 is 5.97 Å². The van der Waals surface area contributed by atoms with E-state index in [0.717, 1.165) is 25.7 Å². The fourth-order valence-corrected chi connectivity index (χ4v) is 2.39. The molecule has 0 aromatic heterocycles. The van der Waals surface area contributed by atoms with Crippen LogP contribution in [0.4, 0.5) is 5.69 Å². The summed E-state index contributed by atoms with van der Waals surface area (Å²) in [5.74, 6) is -1.09. The van der Waals surface area contributed by atoms with E-state index in [0.29, 0.717) is 5.69 Å². The van der Waals surface area contributed by atoms with E-state index in [-0.39, 0.29) is 23.3 Å². The molecular weight excluding hydrogens is 244 g/mol. The lowest BCUT2D eigenvalue weighted by Crippen LogP contribution is -2.30. The third-order valence-electron chi connectivity index (χ3n) is 3.41. The highest BCUT2D eigenvalue weighted by molar-refractivity contribution is 5.93. The molecule has 1 saturated carbocycles. The molecular formula is C14H16N2O3. The molecule has 5 heteroatoms. The van der Waals surface area contributed by atoms with Crippen LogP contribution in [0.25, 0.3) is 0 Å². The number of rotatable bonds is 3. The molecule has 5 nitrogen and oxygen atoms in total. The smallest absolute Gasteiger partial charge is 0.339 e. The van der Waals surface area contributed by atoms with Crippen molar-refractivity contribution in [3.8, 4) is 11.8 Å². The maximum Gasteiger partial charge on any atom is 0.339 e. The fraction of sp³-hybridized carbons (Fsp3) is 0.429. The van der Waals surface area contributed by atoms with E-state index in [4.69, 9.17) is 20.8 Å². The SMILES string of the molecule is N#CC1CCCCC1Oc1c(N)cccc1C(=O)O. The molecule has 1 aliphatic carbocycles. The van der Waals surface area contributed by atoms with Gasteiger partial charge in [-0.1, -0.05) is 12.5 Å². The number of ether oxygens (including phenoxy) is 1. The molecule has 1 aromatic rings. The number of para-hydroxylation sites is 1. The van der Waals surface area contributed by atoms with Crippen LogP contribution in [0, 0.1) is 17.2 Å². The Morgan fingerprint density at radius 2 is 2.16 bits per heavy atom. The summed E-state index contributed by atoms with van der Waals surface area (Å²) < 4.78 is 5.75. The lowest BCUT2D eigenvalue weighted by Gasteiger charge is -2.28. The number of nitriles is 1. The molecule has 2 rings (SSSR count). The van der Waals surface area contributed by atoms with Crippen molar-refractivity contribution in [1.82, 2.24) is 0 Å². The lowest BCUT2D eigenvalue weighted by atomic mass is 9.87. The van der Waals surface area contributed by atoms with Gasteiger partial charge in [-0.25, -0.2) is 4.79 Å². The van der Waals surface area contributed by atoms with Crippen LogP contribution in [-0.2, 0) is 0 Å². The first-order chi connectivity index (χ1) is 9.13. The van der Waals surface area contributed by atoms with Crippen LogP contribution in [0.3, 0.4) is 0 Å². The Morgan fingerprint density at radius 1 is 1.42 bits per heavy atom. The average molecular weight is 260 g/mol. The second-order valence-electron chi connectivity index (χ2n) is 4.71. The quantitative estimate of drug-likeness (QED) is 0.813. The molecule has 1 aliphatic rings. The molecule has 3 N–H and O–H groups in total. The van der Waals surface area contributed by atoms with Gasteiger partial charge in [-0.15, -0.1) is 0 Å². The first-order valence-corrected chi connectivity index (χ1v) is 6.31. The van der Waals surface area contributed by atoms with Gasteiger partial charge in [-0.05, 0) is 31.4 Å². The zero-order chi connectivity index (χ0) is 13.8. The average Bonchev–Trinajstić information content (AvgIpc) is 2.41. The minimum absolute atomic E-state index is 0.0438. The van der Waals surface area contributed by atoms with E-state index in [1.54, 1.807) is 12.1 Å². The molecule has 2 atom stereocenters. The highest BCUT2D eigenvalue weighted by Gasteiger charge is 2.28. The molecule has 1 aromatic carbocycles. The molecule has 0 saturated heterocycles. The van der Waals surface area contributed by atoms with Gasteiger partial charge in [0.2, 0.25) is 0 Å². The van der Waals surface area contributed by atoms with Crippen molar-refractivity contribution in [3.05, 3.63) is 23.8 Å². The van der Waals surface area contributed by atoms with Gasteiger partial charge < -0.3 is 15.6 Å². The zero-order valence-electron chi connectivity index (χ0n) is 10.5. The van der Waals surface area contributed by atoms with Crippen LogP contribution in [0.1, 0.15) is 36.0 Å². The van der Waals surface area contributed by atoms with Crippen molar-refractivity contribution < 1.29 is 14.6 Å². The van der Waals surface area contributed by atoms with Gasteiger partial charge in [0.15, 0.2) is 5.75 Å². The normalized spacial score (nSPS) is 22.5. The maximum absolute atomic E-state index is 11.2. The Morgan fingerprint density at radius 3 is 2.84 bits per heavy atom. The number of hydrogen-bond acceptors (Lipinski definition) is 4. The molecule has 100 valence electrons. The number of carboxylic acids is 1. The minimum Gasteiger partial charge on any atom is -0.486 e. The summed E-state index contributed by atoms with van der Waals surface area (Å²) in [4.78, 5) is 11.2. The van der Waals surface area contributed by atoms with Gasteiger partial charge in [0.05, 0.1) is 17.7 Å². The minimum atomic E-state index is -1.08. The first-order valence-electron chi connectivity index (χ1n) is 6.31. The first kappa shape index (κ1) is 13.2. The Kier molecular flexibility index (Phi) is 3.91. The summed E-state index contributed by atoms with van der Waals surface area (Å²) >= 11 is 0. The number of carboxylic acid groups (broad SMARTS) is 1. The van der Waals surface area contributed by atoms with E-state index >= 15 is 0 Å². The van der Waals surface area contributed by atoms with E-state index in [9.17, 15) is 4.79 Å². The highest BCUT2D eigenvalue weighted by Crippen LogP contribution is 2.33. The van der Waals surface area contributed by atoms with Gasteiger partial charge in [0, 0.05) is 0 Å². The Labute approximate surface area is 111 Å².